The third kappa shape index (κ3) is 22.1. The van der Waals surface area contributed by atoms with Gasteiger partial charge in [-0.15, -0.1) is 0 Å². The molecule has 0 aliphatic rings. The number of hydrogen-bond acceptors (Lipinski definition) is 2. The molecule has 0 aliphatic heterocycles. The van der Waals surface area contributed by atoms with Crippen LogP contribution in [-0.2, 0) is 4.79 Å². The fourth-order valence-corrected chi connectivity index (χ4v) is 4.29. The molecule has 0 aromatic rings. The molecule has 0 fully saturated rings. The lowest BCUT2D eigenvalue weighted by Crippen LogP contribution is -1.94. The first-order valence-corrected chi connectivity index (χ1v) is 13.0. The first-order valence-electron chi connectivity index (χ1n) is 12.0. The molecule has 2 heteroatoms. The summed E-state index contributed by atoms with van der Waals surface area (Å²) >= 11 is 1.59. The zero-order valence-corrected chi connectivity index (χ0v) is 19.0. The van der Waals surface area contributed by atoms with Crippen LogP contribution in [0.4, 0.5) is 0 Å². The van der Waals surface area contributed by atoms with Crippen LogP contribution in [0, 0.1) is 0 Å². The normalized spacial score (nSPS) is 11.2. The minimum atomic E-state index is 0.434. The maximum absolute atomic E-state index is 11.9. The summed E-state index contributed by atoms with van der Waals surface area (Å²) in [6.07, 6.45) is 26.5. The van der Waals surface area contributed by atoms with Crippen LogP contribution in [0.15, 0.2) is 0 Å². The number of carbonyl (C=O) groups is 1. The topological polar surface area (TPSA) is 17.1 Å². The molecule has 0 aromatic heterocycles. The molecule has 0 saturated carbocycles. The molecule has 26 heavy (non-hydrogen) atoms. The summed E-state index contributed by atoms with van der Waals surface area (Å²) in [6.45, 7) is 4.55. The van der Waals surface area contributed by atoms with E-state index in [1.165, 1.54) is 116 Å². The summed E-state index contributed by atoms with van der Waals surface area (Å²) in [5.41, 5.74) is 0. The molecule has 0 spiro atoms. The maximum Gasteiger partial charge on any atom is 0.188 e. The Bertz CT molecular complexity index is 277. The molecule has 0 N–H and O–H groups in total. The van der Waals surface area contributed by atoms with Crippen molar-refractivity contribution >= 4 is 16.9 Å². The first-order chi connectivity index (χ1) is 12.8. The number of unbranched alkanes of at least 4 members (excludes halogenated alkanes) is 17. The fraction of sp³-hybridized carbons (Fsp3) is 0.958. The Morgan fingerprint density at radius 1 is 0.500 bits per heavy atom. The highest BCUT2D eigenvalue weighted by Gasteiger charge is 2.02. The van der Waals surface area contributed by atoms with Gasteiger partial charge in [-0.25, -0.2) is 0 Å². The molecule has 0 bridgehead atoms. The molecule has 0 saturated heterocycles. The Hall–Kier alpha value is 0.0200. The van der Waals surface area contributed by atoms with Gasteiger partial charge in [0.2, 0.25) is 0 Å². The second-order valence-electron chi connectivity index (χ2n) is 7.98. The van der Waals surface area contributed by atoms with Gasteiger partial charge in [0, 0.05) is 12.2 Å². The zero-order chi connectivity index (χ0) is 19.1. The third-order valence-corrected chi connectivity index (χ3v) is 6.26. The monoisotopic (exact) mass is 384 g/mol. The second kappa shape index (κ2) is 23.1. The van der Waals surface area contributed by atoms with E-state index in [9.17, 15) is 4.79 Å². The minimum absolute atomic E-state index is 0.434. The predicted molar refractivity (Wildman–Crippen MR) is 121 cm³/mol. The van der Waals surface area contributed by atoms with Crippen LogP contribution in [0.25, 0.3) is 0 Å². The van der Waals surface area contributed by atoms with Gasteiger partial charge >= 0.3 is 0 Å². The molecule has 0 atom stereocenters. The van der Waals surface area contributed by atoms with Crippen molar-refractivity contribution in [3.8, 4) is 0 Å². The summed E-state index contributed by atoms with van der Waals surface area (Å²) in [5, 5.41) is 0.434. The first kappa shape index (κ1) is 26.0. The highest BCUT2D eigenvalue weighted by Crippen LogP contribution is 2.16. The average Bonchev–Trinajstić information content (AvgIpc) is 2.64. The van der Waals surface area contributed by atoms with Gasteiger partial charge in [0.25, 0.3) is 0 Å². The van der Waals surface area contributed by atoms with Crippen LogP contribution in [-0.4, -0.2) is 10.9 Å². The summed E-state index contributed by atoms with van der Waals surface area (Å²) in [5.74, 6) is 1.05. The van der Waals surface area contributed by atoms with Crippen LogP contribution in [0.1, 0.15) is 142 Å². The van der Waals surface area contributed by atoms with Gasteiger partial charge in [0.1, 0.15) is 0 Å². The second-order valence-corrected chi connectivity index (χ2v) is 9.13. The predicted octanol–water partition coefficient (Wildman–Crippen LogP) is 9.09. The lowest BCUT2D eigenvalue weighted by molar-refractivity contribution is -0.111. The SMILES string of the molecule is CCCCCCCCCCCCCC(=O)SCCCCCCCCCC. The number of hydrogen-bond donors (Lipinski definition) is 0. The lowest BCUT2D eigenvalue weighted by Gasteiger charge is -2.03. The molecule has 0 radical (unpaired) electrons. The van der Waals surface area contributed by atoms with E-state index in [4.69, 9.17) is 0 Å². The molecule has 0 aromatic carbocycles. The molecule has 0 rings (SSSR count). The molecule has 0 aliphatic carbocycles. The Labute approximate surface area is 169 Å². The number of thioether (sulfide) groups is 1. The van der Waals surface area contributed by atoms with E-state index in [1.807, 2.05) is 0 Å². The van der Waals surface area contributed by atoms with Crippen molar-refractivity contribution in [3.63, 3.8) is 0 Å². The molecule has 0 amide bonds. The highest BCUT2D eigenvalue weighted by molar-refractivity contribution is 8.13. The number of carbonyl (C=O) groups excluding carboxylic acids is 1. The Morgan fingerprint density at radius 3 is 1.27 bits per heavy atom. The van der Waals surface area contributed by atoms with E-state index in [-0.39, 0.29) is 0 Å². The summed E-state index contributed by atoms with van der Waals surface area (Å²) in [6, 6.07) is 0. The summed E-state index contributed by atoms with van der Waals surface area (Å²) < 4.78 is 0. The van der Waals surface area contributed by atoms with Crippen molar-refractivity contribution in [1.29, 1.82) is 0 Å². The van der Waals surface area contributed by atoms with Gasteiger partial charge in [0.05, 0.1) is 0 Å². The minimum Gasteiger partial charge on any atom is -0.287 e. The maximum atomic E-state index is 11.9. The highest BCUT2D eigenvalue weighted by atomic mass is 32.2. The van der Waals surface area contributed by atoms with Crippen molar-refractivity contribution < 1.29 is 4.79 Å². The van der Waals surface area contributed by atoms with E-state index in [0.29, 0.717) is 5.12 Å². The van der Waals surface area contributed by atoms with Crippen molar-refractivity contribution in [2.75, 3.05) is 5.75 Å². The fourth-order valence-electron chi connectivity index (χ4n) is 3.43. The molecule has 1 nitrogen and oxygen atoms in total. The van der Waals surface area contributed by atoms with Crippen molar-refractivity contribution in [3.05, 3.63) is 0 Å². The standard InChI is InChI=1S/C24H48OS/c1-3-5-7-9-11-13-14-15-16-18-20-22-24(25)26-23-21-19-17-12-10-8-6-4-2/h3-23H2,1-2H3. The van der Waals surface area contributed by atoms with Crippen molar-refractivity contribution in [1.82, 2.24) is 0 Å². The van der Waals surface area contributed by atoms with E-state index >= 15 is 0 Å². The van der Waals surface area contributed by atoms with Crippen molar-refractivity contribution in [2.45, 2.75) is 142 Å². The summed E-state index contributed by atoms with van der Waals surface area (Å²) in [4.78, 5) is 11.9. The van der Waals surface area contributed by atoms with E-state index < -0.39 is 0 Å². The quantitative estimate of drug-likeness (QED) is 0.183. The molecule has 0 heterocycles. The number of rotatable bonds is 21. The summed E-state index contributed by atoms with van der Waals surface area (Å²) in [7, 11) is 0. The van der Waals surface area contributed by atoms with Crippen LogP contribution < -0.4 is 0 Å². The van der Waals surface area contributed by atoms with Crippen LogP contribution in [0.3, 0.4) is 0 Å². The Morgan fingerprint density at radius 2 is 0.846 bits per heavy atom. The van der Waals surface area contributed by atoms with Gasteiger partial charge in [-0.1, -0.05) is 135 Å². The van der Waals surface area contributed by atoms with Gasteiger partial charge in [0.15, 0.2) is 5.12 Å². The van der Waals surface area contributed by atoms with E-state index in [1.54, 1.807) is 11.8 Å². The Balaban J connectivity index is 3.13. The van der Waals surface area contributed by atoms with Crippen LogP contribution in [0.2, 0.25) is 0 Å². The van der Waals surface area contributed by atoms with E-state index in [2.05, 4.69) is 13.8 Å². The zero-order valence-electron chi connectivity index (χ0n) is 18.2. The molecular formula is C24H48OS. The molecular weight excluding hydrogens is 336 g/mol. The van der Waals surface area contributed by atoms with Crippen molar-refractivity contribution in [2.24, 2.45) is 0 Å². The largest absolute Gasteiger partial charge is 0.287 e. The van der Waals surface area contributed by atoms with Gasteiger partial charge in [-0.3, -0.25) is 4.79 Å². The van der Waals surface area contributed by atoms with Gasteiger partial charge in [-0.2, -0.15) is 0 Å². The smallest absolute Gasteiger partial charge is 0.188 e. The molecule has 0 unspecified atom stereocenters. The van der Waals surface area contributed by atoms with Crippen LogP contribution in [0.5, 0.6) is 0 Å². The Kier molecular flexibility index (Phi) is 23.1. The van der Waals surface area contributed by atoms with E-state index in [0.717, 1.165) is 18.6 Å². The third-order valence-electron chi connectivity index (χ3n) is 5.25. The molecule has 156 valence electrons. The van der Waals surface area contributed by atoms with Crippen LogP contribution >= 0.6 is 11.8 Å². The van der Waals surface area contributed by atoms with Gasteiger partial charge in [-0.05, 0) is 12.8 Å². The van der Waals surface area contributed by atoms with Gasteiger partial charge < -0.3 is 0 Å². The average molecular weight is 385 g/mol. The lowest BCUT2D eigenvalue weighted by atomic mass is 10.1.